The average molecular weight is 430 g/mol. The van der Waals surface area contributed by atoms with E-state index in [1.54, 1.807) is 12.1 Å². The van der Waals surface area contributed by atoms with E-state index in [0.717, 1.165) is 5.56 Å². The first kappa shape index (κ1) is 22.7. The summed E-state index contributed by atoms with van der Waals surface area (Å²) in [7, 11) is 0. The molecule has 1 saturated heterocycles. The molecular formula is C24H28F2N2O3. The van der Waals surface area contributed by atoms with Gasteiger partial charge >= 0.3 is 6.61 Å². The number of alkyl halides is 2. The van der Waals surface area contributed by atoms with Gasteiger partial charge in [-0.1, -0.05) is 42.5 Å². The summed E-state index contributed by atoms with van der Waals surface area (Å²) in [5, 5.41) is 2.95. The van der Waals surface area contributed by atoms with Gasteiger partial charge in [-0.2, -0.15) is 8.78 Å². The first-order valence-electron chi connectivity index (χ1n) is 10.6. The Hall–Kier alpha value is -2.96. The van der Waals surface area contributed by atoms with E-state index in [4.69, 9.17) is 0 Å². The van der Waals surface area contributed by atoms with Gasteiger partial charge in [0.25, 0.3) is 0 Å². The third kappa shape index (κ3) is 6.77. The highest BCUT2D eigenvalue weighted by atomic mass is 19.3. The van der Waals surface area contributed by atoms with Crippen LogP contribution in [0.2, 0.25) is 0 Å². The molecule has 0 bridgehead atoms. The van der Waals surface area contributed by atoms with E-state index in [9.17, 15) is 18.4 Å². The summed E-state index contributed by atoms with van der Waals surface area (Å²) in [4.78, 5) is 27.0. The molecule has 0 radical (unpaired) electrons. The number of benzene rings is 2. The number of amides is 2. The number of nitrogens with one attached hydrogen (secondary N) is 1. The van der Waals surface area contributed by atoms with Crippen LogP contribution in [0.15, 0.2) is 54.6 Å². The van der Waals surface area contributed by atoms with Crippen LogP contribution in [0.1, 0.15) is 43.4 Å². The molecular weight excluding hydrogens is 402 g/mol. The minimum absolute atomic E-state index is 0.0657. The predicted molar refractivity (Wildman–Crippen MR) is 114 cm³/mol. The number of ether oxygens (including phenoxy) is 1. The number of aryl methyl sites for hydroxylation is 1. The predicted octanol–water partition coefficient (Wildman–Crippen LogP) is 4.34. The number of nitrogens with zero attached hydrogens (tertiary/aromatic N) is 1. The van der Waals surface area contributed by atoms with Crippen molar-refractivity contribution < 1.29 is 23.1 Å². The molecule has 2 amide bonds. The standard InChI is InChI=1S/C24H28F2N2O3/c1-17(20-8-5-9-21(16-20)31-24(25)26)27-23(30)19-12-14-28(15-13-19)22(29)11-10-18-6-3-2-4-7-18/h2-9,16-17,19,24H,10-15H2,1H3,(H,27,30). The molecule has 7 heteroatoms. The molecule has 0 spiro atoms. The number of piperidine rings is 1. The summed E-state index contributed by atoms with van der Waals surface area (Å²) in [5.41, 5.74) is 1.84. The Balaban J connectivity index is 1.45. The third-order valence-electron chi connectivity index (χ3n) is 5.63. The van der Waals surface area contributed by atoms with E-state index in [-0.39, 0.29) is 29.5 Å². The van der Waals surface area contributed by atoms with Crippen molar-refractivity contribution >= 4 is 11.8 Å². The Bertz CT molecular complexity index is 868. The number of likely N-dealkylation sites (tertiary alicyclic amines) is 1. The molecule has 1 aliphatic rings. The normalized spacial score (nSPS) is 15.5. The largest absolute Gasteiger partial charge is 0.435 e. The van der Waals surface area contributed by atoms with Crippen LogP contribution in [0.4, 0.5) is 8.78 Å². The number of carbonyl (C=O) groups is 2. The molecule has 0 aromatic heterocycles. The average Bonchev–Trinajstić information content (AvgIpc) is 2.78. The lowest BCUT2D eigenvalue weighted by atomic mass is 9.94. The number of halogens is 2. The number of rotatable bonds is 8. The van der Waals surface area contributed by atoms with Crippen molar-refractivity contribution in [3.63, 3.8) is 0 Å². The van der Waals surface area contributed by atoms with E-state index >= 15 is 0 Å². The van der Waals surface area contributed by atoms with Crippen molar-refractivity contribution in [1.29, 1.82) is 0 Å². The zero-order valence-electron chi connectivity index (χ0n) is 17.6. The van der Waals surface area contributed by atoms with Gasteiger partial charge in [0, 0.05) is 25.4 Å². The molecule has 0 aliphatic carbocycles. The van der Waals surface area contributed by atoms with Crippen LogP contribution in [-0.4, -0.2) is 36.4 Å². The van der Waals surface area contributed by atoms with Gasteiger partial charge < -0.3 is 15.0 Å². The van der Waals surface area contributed by atoms with Gasteiger partial charge in [0.15, 0.2) is 0 Å². The summed E-state index contributed by atoms with van der Waals surface area (Å²) >= 11 is 0. The van der Waals surface area contributed by atoms with Crippen LogP contribution in [0.3, 0.4) is 0 Å². The lowest BCUT2D eigenvalue weighted by Gasteiger charge is -2.32. The minimum atomic E-state index is -2.89. The van der Waals surface area contributed by atoms with Gasteiger partial charge in [0.2, 0.25) is 11.8 Å². The highest BCUT2D eigenvalue weighted by molar-refractivity contribution is 5.80. The Morgan fingerprint density at radius 3 is 2.48 bits per heavy atom. The maximum absolute atomic E-state index is 12.7. The van der Waals surface area contributed by atoms with Gasteiger partial charge in [-0.25, -0.2) is 0 Å². The van der Waals surface area contributed by atoms with Gasteiger partial charge in [0.05, 0.1) is 6.04 Å². The molecule has 0 saturated carbocycles. The molecule has 2 aromatic carbocycles. The molecule has 1 atom stereocenters. The van der Waals surface area contributed by atoms with E-state index in [1.807, 2.05) is 42.2 Å². The van der Waals surface area contributed by atoms with Crippen LogP contribution in [-0.2, 0) is 16.0 Å². The quantitative estimate of drug-likeness (QED) is 0.678. The van der Waals surface area contributed by atoms with E-state index in [0.29, 0.717) is 44.3 Å². The van der Waals surface area contributed by atoms with Crippen LogP contribution in [0.5, 0.6) is 5.75 Å². The smallest absolute Gasteiger partial charge is 0.387 e. The fourth-order valence-corrected chi connectivity index (χ4v) is 3.82. The van der Waals surface area contributed by atoms with Crippen molar-refractivity contribution in [3.05, 3.63) is 65.7 Å². The highest BCUT2D eigenvalue weighted by Crippen LogP contribution is 2.23. The van der Waals surface area contributed by atoms with Crippen LogP contribution in [0.25, 0.3) is 0 Å². The van der Waals surface area contributed by atoms with E-state index in [1.165, 1.54) is 12.1 Å². The van der Waals surface area contributed by atoms with Crippen molar-refractivity contribution in [2.24, 2.45) is 5.92 Å². The molecule has 31 heavy (non-hydrogen) atoms. The maximum atomic E-state index is 12.7. The monoisotopic (exact) mass is 430 g/mol. The summed E-state index contributed by atoms with van der Waals surface area (Å²) in [6.07, 6.45) is 2.41. The molecule has 2 aromatic rings. The Kier molecular flexibility index (Phi) is 7.98. The zero-order chi connectivity index (χ0) is 22.2. The number of carbonyl (C=O) groups excluding carboxylic acids is 2. The Morgan fingerprint density at radius 2 is 1.81 bits per heavy atom. The Labute approximate surface area is 181 Å². The number of hydrogen-bond acceptors (Lipinski definition) is 3. The first-order valence-corrected chi connectivity index (χ1v) is 10.6. The van der Waals surface area contributed by atoms with E-state index < -0.39 is 6.61 Å². The summed E-state index contributed by atoms with van der Waals surface area (Å²) in [5.74, 6) is -0.0620. The zero-order valence-corrected chi connectivity index (χ0v) is 17.6. The summed E-state index contributed by atoms with van der Waals surface area (Å²) in [6.45, 7) is 0.0535. The van der Waals surface area contributed by atoms with Crippen molar-refractivity contribution in [2.75, 3.05) is 13.1 Å². The molecule has 1 N–H and O–H groups in total. The molecule has 1 fully saturated rings. The second kappa shape index (κ2) is 10.9. The van der Waals surface area contributed by atoms with Crippen molar-refractivity contribution in [2.45, 2.75) is 45.3 Å². The Morgan fingerprint density at radius 1 is 1.10 bits per heavy atom. The lowest BCUT2D eigenvalue weighted by Crippen LogP contribution is -2.43. The first-order chi connectivity index (χ1) is 14.9. The van der Waals surface area contributed by atoms with E-state index in [2.05, 4.69) is 10.1 Å². The minimum Gasteiger partial charge on any atom is -0.435 e. The lowest BCUT2D eigenvalue weighted by molar-refractivity contribution is -0.135. The molecule has 1 aliphatic heterocycles. The molecule has 166 valence electrons. The third-order valence-corrected chi connectivity index (χ3v) is 5.63. The van der Waals surface area contributed by atoms with Crippen LogP contribution < -0.4 is 10.1 Å². The summed E-state index contributed by atoms with van der Waals surface area (Å²) < 4.78 is 29.2. The van der Waals surface area contributed by atoms with Crippen LogP contribution in [0, 0.1) is 5.92 Å². The van der Waals surface area contributed by atoms with Gasteiger partial charge in [0.1, 0.15) is 5.75 Å². The molecule has 5 nitrogen and oxygen atoms in total. The van der Waals surface area contributed by atoms with Crippen molar-refractivity contribution in [3.8, 4) is 5.75 Å². The second-order valence-electron chi connectivity index (χ2n) is 7.82. The molecule has 1 unspecified atom stereocenters. The van der Waals surface area contributed by atoms with Crippen LogP contribution >= 0.6 is 0 Å². The second-order valence-corrected chi connectivity index (χ2v) is 7.82. The highest BCUT2D eigenvalue weighted by Gasteiger charge is 2.28. The fourth-order valence-electron chi connectivity index (χ4n) is 3.82. The fraction of sp³-hybridized carbons (Fsp3) is 0.417. The molecule has 1 heterocycles. The van der Waals surface area contributed by atoms with Gasteiger partial charge in [-0.15, -0.1) is 0 Å². The summed E-state index contributed by atoms with van der Waals surface area (Å²) in [6, 6.07) is 15.9. The van der Waals surface area contributed by atoms with Crippen molar-refractivity contribution in [1.82, 2.24) is 10.2 Å². The SMILES string of the molecule is CC(NC(=O)C1CCN(C(=O)CCc2ccccc2)CC1)c1cccc(OC(F)F)c1. The van der Waals surface area contributed by atoms with Gasteiger partial charge in [-0.3, -0.25) is 9.59 Å². The maximum Gasteiger partial charge on any atom is 0.387 e. The molecule has 3 rings (SSSR count). The number of hydrogen-bond donors (Lipinski definition) is 1. The van der Waals surface area contributed by atoms with Gasteiger partial charge in [-0.05, 0) is 49.4 Å². The topological polar surface area (TPSA) is 58.6 Å².